The third kappa shape index (κ3) is 1.61. The highest BCUT2D eigenvalue weighted by Crippen LogP contribution is 1.80. The fraction of sp³-hybridized carbons (Fsp3) is 0. The van der Waals surface area contributed by atoms with Crippen LogP contribution >= 0.6 is 0 Å². The van der Waals surface area contributed by atoms with Crippen LogP contribution in [0.25, 0.3) is 0 Å². The lowest BCUT2D eigenvalue weighted by molar-refractivity contribution is 1.72. The van der Waals surface area contributed by atoms with Gasteiger partial charge >= 0.3 is 0 Å². The van der Waals surface area contributed by atoms with Gasteiger partial charge in [0.1, 0.15) is 12.1 Å². The Kier molecular flexibility index (Phi) is 1.93. The number of hydrogen-bond donors (Lipinski definition) is 0. The SMILES string of the molecule is c1cc[cH+]cc[cH+]c1. The van der Waals surface area contributed by atoms with Crippen molar-refractivity contribution < 1.29 is 0 Å². The molecule has 0 heterocycles. The van der Waals surface area contributed by atoms with E-state index in [4.69, 9.17) is 0 Å². The van der Waals surface area contributed by atoms with E-state index < -0.39 is 0 Å². The first-order chi connectivity index (χ1) is 4.00. The van der Waals surface area contributed by atoms with Crippen molar-refractivity contribution in [1.29, 1.82) is 0 Å². The summed E-state index contributed by atoms with van der Waals surface area (Å²) < 4.78 is 0. The van der Waals surface area contributed by atoms with Gasteiger partial charge in [-0.2, -0.15) is 0 Å². The van der Waals surface area contributed by atoms with Crippen molar-refractivity contribution in [3.05, 3.63) is 48.5 Å². The topological polar surface area (TPSA) is 0 Å². The van der Waals surface area contributed by atoms with Crippen molar-refractivity contribution in [2.24, 2.45) is 0 Å². The summed E-state index contributed by atoms with van der Waals surface area (Å²) in [4.78, 5) is 0. The molecule has 0 radical (unpaired) electrons. The van der Waals surface area contributed by atoms with Gasteiger partial charge < -0.3 is 0 Å². The van der Waals surface area contributed by atoms with Crippen LogP contribution in [-0.4, -0.2) is 0 Å². The van der Waals surface area contributed by atoms with Gasteiger partial charge in [-0.25, -0.2) is 0 Å². The summed E-state index contributed by atoms with van der Waals surface area (Å²) >= 11 is 0. The Morgan fingerprint density at radius 1 is 0.625 bits per heavy atom. The van der Waals surface area contributed by atoms with Crippen molar-refractivity contribution >= 4 is 0 Å². The lowest BCUT2D eigenvalue weighted by Crippen LogP contribution is -1.47. The molecule has 0 spiro atoms. The number of rotatable bonds is 0. The molecule has 1 aromatic carbocycles. The zero-order chi connectivity index (χ0) is 5.66. The second-order valence-electron chi connectivity index (χ2n) is 1.54. The molecule has 0 nitrogen and oxygen atoms in total. The molecule has 0 aliphatic heterocycles. The Morgan fingerprint density at radius 3 is 1.62 bits per heavy atom. The second-order valence-corrected chi connectivity index (χ2v) is 1.54. The second kappa shape index (κ2) is 3.03. The van der Waals surface area contributed by atoms with Gasteiger partial charge in [-0.15, -0.1) is 0 Å². The summed E-state index contributed by atoms with van der Waals surface area (Å²) in [6, 6.07) is 16.0. The highest BCUT2D eigenvalue weighted by atomic mass is 13.6. The van der Waals surface area contributed by atoms with E-state index in [2.05, 4.69) is 0 Å². The first-order valence-corrected chi connectivity index (χ1v) is 2.67. The van der Waals surface area contributed by atoms with E-state index in [0.29, 0.717) is 0 Å². The fourth-order valence-electron chi connectivity index (χ4n) is 0.513. The minimum atomic E-state index is 2.00. The maximum atomic E-state index is 2.00. The first-order valence-electron chi connectivity index (χ1n) is 2.67. The third-order valence-electron chi connectivity index (χ3n) is 0.889. The molecule has 0 saturated heterocycles. The summed E-state index contributed by atoms with van der Waals surface area (Å²) in [6.07, 6.45) is 0. The van der Waals surface area contributed by atoms with E-state index in [0.717, 1.165) is 0 Å². The van der Waals surface area contributed by atoms with Crippen LogP contribution in [0, 0.1) is 0 Å². The van der Waals surface area contributed by atoms with Crippen molar-refractivity contribution in [2.75, 3.05) is 0 Å². The highest BCUT2D eigenvalue weighted by molar-refractivity contribution is 4.99. The van der Waals surface area contributed by atoms with Crippen LogP contribution in [0.3, 0.4) is 0 Å². The smallest absolute Gasteiger partial charge is 0.0736 e. The van der Waals surface area contributed by atoms with Crippen LogP contribution in [0.2, 0.25) is 0 Å². The fourth-order valence-corrected chi connectivity index (χ4v) is 0.513. The molecule has 0 fully saturated rings. The summed E-state index contributed by atoms with van der Waals surface area (Å²) in [5, 5.41) is 0. The molecule has 0 atom stereocenters. The Bertz CT molecular complexity index is 105. The van der Waals surface area contributed by atoms with Crippen molar-refractivity contribution in [2.45, 2.75) is 0 Å². The maximum Gasteiger partial charge on any atom is 0.133 e. The molecule has 0 saturated carbocycles. The van der Waals surface area contributed by atoms with Crippen LogP contribution in [0.1, 0.15) is 0 Å². The van der Waals surface area contributed by atoms with Crippen molar-refractivity contribution in [3.8, 4) is 0 Å². The summed E-state index contributed by atoms with van der Waals surface area (Å²) in [5.41, 5.74) is 0. The molecule has 1 rings (SSSR count). The van der Waals surface area contributed by atoms with Crippen LogP contribution in [-0.2, 0) is 0 Å². The molecule has 0 aliphatic rings. The predicted molar refractivity (Wildman–Crippen MR) is 35.3 cm³/mol. The van der Waals surface area contributed by atoms with E-state index >= 15 is 0 Å². The summed E-state index contributed by atoms with van der Waals surface area (Å²) in [5.74, 6) is 0. The normalized spacial score (nSPS) is 8.00. The van der Waals surface area contributed by atoms with Crippen molar-refractivity contribution in [1.82, 2.24) is 0 Å². The summed E-state index contributed by atoms with van der Waals surface area (Å²) in [6.45, 7) is 0. The predicted octanol–water partition coefficient (Wildman–Crippen LogP) is 2.25. The van der Waals surface area contributed by atoms with E-state index in [1.807, 2.05) is 48.5 Å². The lowest BCUT2D eigenvalue weighted by Gasteiger charge is -1.54. The minimum absolute atomic E-state index is 2.00. The van der Waals surface area contributed by atoms with Gasteiger partial charge in [0.15, 0.2) is 0 Å². The van der Waals surface area contributed by atoms with Gasteiger partial charge in [0.05, 0.1) is 36.4 Å². The molecule has 38 valence electrons. The zero-order valence-electron chi connectivity index (χ0n) is 4.62. The molecule has 0 aliphatic carbocycles. The molecule has 0 bridgehead atoms. The molecule has 0 unspecified atom stereocenters. The van der Waals surface area contributed by atoms with Gasteiger partial charge in [0, 0.05) is 0 Å². The van der Waals surface area contributed by atoms with Gasteiger partial charge in [-0.05, 0) is 0 Å². The van der Waals surface area contributed by atoms with Crippen molar-refractivity contribution in [3.63, 3.8) is 0 Å². The minimum Gasteiger partial charge on any atom is 0.0736 e. The Morgan fingerprint density at radius 2 is 1.12 bits per heavy atom. The van der Waals surface area contributed by atoms with Crippen LogP contribution in [0.4, 0.5) is 0 Å². The molecular weight excluding hydrogens is 96.1 g/mol. The van der Waals surface area contributed by atoms with Crippen LogP contribution < -0.4 is 0 Å². The molecule has 0 heteroatoms. The largest absolute Gasteiger partial charge is 0.133 e. The first kappa shape index (κ1) is 5.10. The molecule has 8 heavy (non-hydrogen) atoms. The lowest BCUT2D eigenvalue weighted by atomic mass is 10.4. The zero-order valence-corrected chi connectivity index (χ0v) is 4.62. The van der Waals surface area contributed by atoms with Gasteiger partial charge in [-0.3, -0.25) is 0 Å². The van der Waals surface area contributed by atoms with E-state index in [9.17, 15) is 0 Å². The van der Waals surface area contributed by atoms with E-state index in [1.165, 1.54) is 0 Å². The quantitative estimate of drug-likeness (QED) is 0.443. The molecular formula is C8H8+2. The average molecular weight is 104 g/mol. The maximum absolute atomic E-state index is 2.00. The van der Waals surface area contributed by atoms with Gasteiger partial charge in [0.25, 0.3) is 0 Å². The summed E-state index contributed by atoms with van der Waals surface area (Å²) in [7, 11) is 0. The van der Waals surface area contributed by atoms with E-state index in [1.54, 1.807) is 0 Å². The van der Waals surface area contributed by atoms with Crippen LogP contribution in [0.15, 0.2) is 48.5 Å². The third-order valence-corrected chi connectivity index (χ3v) is 0.889. The monoisotopic (exact) mass is 104 g/mol. The Balaban J connectivity index is 3.00. The van der Waals surface area contributed by atoms with E-state index in [-0.39, 0.29) is 0 Å². The Labute approximate surface area is 49.5 Å². The van der Waals surface area contributed by atoms with Gasteiger partial charge in [0.2, 0.25) is 0 Å². The van der Waals surface area contributed by atoms with Gasteiger partial charge in [-0.1, -0.05) is 0 Å². The Hall–Kier alpha value is -1.04. The standard InChI is InChI=1S/C8H8/c1-2-4-6-8-7-5-3-1/h1-8H/q+2. The molecule has 0 amide bonds. The average Bonchev–Trinajstić information content (AvgIpc) is 1.62. The molecule has 0 N–H and O–H groups in total. The highest BCUT2D eigenvalue weighted by Gasteiger charge is 1.73. The molecule has 1 aromatic rings. The molecule has 0 aromatic heterocycles. The van der Waals surface area contributed by atoms with Crippen LogP contribution in [0.5, 0.6) is 0 Å². The number of hydrogen-bond acceptors (Lipinski definition) is 0.